The number of ether oxygens (including phenoxy) is 1. The van der Waals surface area contributed by atoms with E-state index in [0.717, 1.165) is 29.0 Å². The summed E-state index contributed by atoms with van der Waals surface area (Å²) in [5.41, 5.74) is 3.01. The van der Waals surface area contributed by atoms with Gasteiger partial charge < -0.3 is 15.0 Å². The van der Waals surface area contributed by atoms with Crippen molar-refractivity contribution in [2.24, 2.45) is 5.92 Å². The lowest BCUT2D eigenvalue weighted by Gasteiger charge is -2.27. The van der Waals surface area contributed by atoms with Gasteiger partial charge >= 0.3 is 0 Å². The number of fused-ring (bicyclic) bond motifs is 1. The van der Waals surface area contributed by atoms with Crippen LogP contribution in [0.5, 0.6) is 5.75 Å². The highest BCUT2D eigenvalue weighted by molar-refractivity contribution is 6.00. The lowest BCUT2D eigenvalue weighted by atomic mass is 9.99. The molecule has 2 aromatic carbocycles. The molecule has 1 saturated heterocycles. The minimum Gasteiger partial charge on any atom is -0.493 e. The van der Waals surface area contributed by atoms with Gasteiger partial charge in [-0.25, -0.2) is 0 Å². The third-order valence-corrected chi connectivity index (χ3v) is 5.12. The molecule has 26 heavy (non-hydrogen) atoms. The van der Waals surface area contributed by atoms with Gasteiger partial charge in [0.05, 0.1) is 18.6 Å². The van der Waals surface area contributed by atoms with Gasteiger partial charge in [0.2, 0.25) is 11.8 Å². The minimum absolute atomic E-state index is 0.00128. The Hall–Kier alpha value is -2.82. The van der Waals surface area contributed by atoms with Crippen LogP contribution in [0.25, 0.3) is 0 Å². The molecule has 2 aliphatic heterocycles. The third kappa shape index (κ3) is 3.17. The average Bonchev–Trinajstić information content (AvgIpc) is 3.05. The number of para-hydroxylation sites is 1. The normalized spacial score (nSPS) is 21.9. The van der Waals surface area contributed by atoms with E-state index in [0.29, 0.717) is 13.2 Å². The Morgan fingerprint density at radius 1 is 1.15 bits per heavy atom. The van der Waals surface area contributed by atoms with Gasteiger partial charge in [-0.3, -0.25) is 9.59 Å². The Balaban J connectivity index is 1.45. The topological polar surface area (TPSA) is 58.6 Å². The summed E-state index contributed by atoms with van der Waals surface area (Å²) in [5, 5.41) is 3.12. The van der Waals surface area contributed by atoms with E-state index in [2.05, 4.69) is 5.32 Å². The van der Waals surface area contributed by atoms with Crippen LogP contribution in [-0.4, -0.2) is 25.0 Å². The molecule has 5 nitrogen and oxygen atoms in total. The van der Waals surface area contributed by atoms with E-state index in [4.69, 9.17) is 4.74 Å². The molecule has 0 aliphatic carbocycles. The fourth-order valence-corrected chi connectivity index (χ4v) is 3.64. The van der Waals surface area contributed by atoms with Crippen LogP contribution in [0.3, 0.4) is 0 Å². The van der Waals surface area contributed by atoms with Gasteiger partial charge in [-0.15, -0.1) is 0 Å². The van der Waals surface area contributed by atoms with Gasteiger partial charge in [0.15, 0.2) is 0 Å². The van der Waals surface area contributed by atoms with E-state index in [1.807, 2.05) is 55.5 Å². The van der Waals surface area contributed by atoms with E-state index in [9.17, 15) is 9.59 Å². The minimum atomic E-state index is -0.321. The van der Waals surface area contributed by atoms with Crippen LogP contribution >= 0.6 is 0 Å². The molecule has 4 rings (SSSR count). The number of hydrogen-bond acceptors (Lipinski definition) is 3. The summed E-state index contributed by atoms with van der Waals surface area (Å²) in [6.07, 6.45) is 0.996. The maximum Gasteiger partial charge on any atom is 0.227 e. The molecular formula is C21H22N2O3. The fourth-order valence-electron chi connectivity index (χ4n) is 3.64. The zero-order chi connectivity index (χ0) is 18.1. The number of carbonyl (C=O) groups is 2. The van der Waals surface area contributed by atoms with Crippen molar-refractivity contribution in [3.8, 4) is 5.75 Å². The van der Waals surface area contributed by atoms with Crippen LogP contribution in [0, 0.1) is 12.8 Å². The van der Waals surface area contributed by atoms with Crippen molar-refractivity contribution >= 4 is 17.5 Å². The first kappa shape index (κ1) is 16.6. The van der Waals surface area contributed by atoms with Crippen LogP contribution in [0.4, 0.5) is 5.69 Å². The largest absolute Gasteiger partial charge is 0.493 e. The molecule has 1 fully saturated rings. The smallest absolute Gasteiger partial charge is 0.227 e. The highest BCUT2D eigenvalue weighted by atomic mass is 16.5. The Labute approximate surface area is 153 Å². The quantitative estimate of drug-likeness (QED) is 0.926. The second-order valence-electron chi connectivity index (χ2n) is 6.98. The number of benzene rings is 2. The molecule has 0 bridgehead atoms. The van der Waals surface area contributed by atoms with Crippen LogP contribution in [0.2, 0.25) is 0 Å². The molecule has 5 heteroatoms. The molecule has 2 amide bonds. The molecule has 2 aliphatic rings. The first-order valence-electron chi connectivity index (χ1n) is 9.01. The summed E-state index contributed by atoms with van der Waals surface area (Å²) in [7, 11) is 0. The van der Waals surface area contributed by atoms with Gasteiger partial charge in [-0.1, -0.05) is 35.9 Å². The molecule has 2 atom stereocenters. The fraction of sp³-hybridized carbons (Fsp3) is 0.333. The van der Waals surface area contributed by atoms with Crippen LogP contribution in [0.15, 0.2) is 48.5 Å². The molecule has 0 radical (unpaired) electrons. The highest BCUT2D eigenvalue weighted by Crippen LogP contribution is 2.32. The number of rotatable bonds is 3. The standard InChI is InChI=1S/C21H22N2O3/c1-14-6-8-16(9-7-14)23-13-15(12-20(23)24)21(25)22-18-10-11-26-19-5-3-2-4-17(18)19/h2-9,15,18H,10-13H2,1H3,(H,22,25)/t15-,18-/m0/s1. The van der Waals surface area contributed by atoms with Gasteiger partial charge in [0, 0.05) is 30.6 Å². The van der Waals surface area contributed by atoms with Crippen molar-refractivity contribution in [3.63, 3.8) is 0 Å². The number of nitrogens with one attached hydrogen (secondary N) is 1. The first-order valence-corrected chi connectivity index (χ1v) is 9.01. The van der Waals surface area contributed by atoms with E-state index in [-0.39, 0.29) is 30.2 Å². The molecule has 134 valence electrons. The van der Waals surface area contributed by atoms with E-state index in [1.54, 1.807) is 4.90 Å². The van der Waals surface area contributed by atoms with Crippen molar-refractivity contribution in [2.75, 3.05) is 18.1 Å². The number of hydrogen-bond donors (Lipinski definition) is 1. The number of amides is 2. The molecular weight excluding hydrogens is 328 g/mol. The van der Waals surface area contributed by atoms with Gasteiger partial charge in [-0.2, -0.15) is 0 Å². The molecule has 1 N–H and O–H groups in total. The van der Waals surface area contributed by atoms with Crippen LogP contribution < -0.4 is 15.0 Å². The third-order valence-electron chi connectivity index (χ3n) is 5.12. The molecule has 0 unspecified atom stereocenters. The SMILES string of the molecule is Cc1ccc(N2C[C@@H](C(=O)N[C@H]3CCOc4ccccc43)CC2=O)cc1. The zero-order valence-electron chi connectivity index (χ0n) is 14.8. The Kier molecular flexibility index (Phi) is 4.37. The number of nitrogens with zero attached hydrogens (tertiary/aromatic N) is 1. The summed E-state index contributed by atoms with van der Waals surface area (Å²) in [5.74, 6) is 0.447. The maximum atomic E-state index is 12.8. The highest BCUT2D eigenvalue weighted by Gasteiger charge is 2.36. The second-order valence-corrected chi connectivity index (χ2v) is 6.98. The predicted octanol–water partition coefficient (Wildman–Crippen LogP) is 2.99. The molecule has 0 saturated carbocycles. The van der Waals surface area contributed by atoms with Crippen molar-refractivity contribution in [2.45, 2.75) is 25.8 Å². The summed E-state index contributed by atoms with van der Waals surface area (Å²) in [4.78, 5) is 26.9. The van der Waals surface area contributed by atoms with Crippen molar-refractivity contribution < 1.29 is 14.3 Å². The maximum absolute atomic E-state index is 12.8. The number of carbonyl (C=O) groups excluding carboxylic acids is 2. The van der Waals surface area contributed by atoms with Gasteiger partial charge in [-0.05, 0) is 25.1 Å². The molecule has 2 aromatic rings. The van der Waals surface area contributed by atoms with Crippen molar-refractivity contribution in [3.05, 3.63) is 59.7 Å². The van der Waals surface area contributed by atoms with Crippen molar-refractivity contribution in [1.29, 1.82) is 0 Å². The molecule has 0 aromatic heterocycles. The van der Waals surface area contributed by atoms with E-state index >= 15 is 0 Å². The first-order chi connectivity index (χ1) is 12.6. The zero-order valence-corrected chi connectivity index (χ0v) is 14.8. The van der Waals surface area contributed by atoms with E-state index in [1.165, 1.54) is 0 Å². The van der Waals surface area contributed by atoms with E-state index < -0.39 is 0 Å². The summed E-state index contributed by atoms with van der Waals surface area (Å²) >= 11 is 0. The molecule has 2 heterocycles. The van der Waals surface area contributed by atoms with Crippen molar-refractivity contribution in [1.82, 2.24) is 5.32 Å². The van der Waals surface area contributed by atoms with Gasteiger partial charge in [0.25, 0.3) is 0 Å². The Morgan fingerprint density at radius 3 is 2.73 bits per heavy atom. The summed E-state index contributed by atoms with van der Waals surface area (Å²) in [6.45, 7) is 3.03. The lowest BCUT2D eigenvalue weighted by Crippen LogP contribution is -2.37. The monoisotopic (exact) mass is 350 g/mol. The number of anilines is 1. The average molecular weight is 350 g/mol. The molecule has 0 spiro atoms. The van der Waals surface area contributed by atoms with Crippen LogP contribution in [-0.2, 0) is 9.59 Å². The lowest BCUT2D eigenvalue weighted by molar-refractivity contribution is -0.127. The second kappa shape index (κ2) is 6.83. The predicted molar refractivity (Wildman–Crippen MR) is 99.1 cm³/mol. The Bertz CT molecular complexity index is 831. The number of aryl methyl sites for hydroxylation is 1. The van der Waals surface area contributed by atoms with Crippen LogP contribution in [0.1, 0.15) is 30.0 Å². The van der Waals surface area contributed by atoms with Gasteiger partial charge in [0.1, 0.15) is 5.75 Å². The summed E-state index contributed by atoms with van der Waals surface area (Å²) in [6, 6.07) is 15.6. The summed E-state index contributed by atoms with van der Waals surface area (Å²) < 4.78 is 5.65. The Morgan fingerprint density at radius 2 is 1.92 bits per heavy atom.